The molecular weight excluding hydrogens is 270 g/mol. The molecule has 0 spiro atoms. The fourth-order valence-electron chi connectivity index (χ4n) is 1.76. The minimum Gasteiger partial charge on any atom is -0.384 e. The number of nitrogens with one attached hydrogen (secondary N) is 2. The SMILES string of the molecule is O=C(NCCNC(=O)C1CC1)c1ncccc1C#CCO. The fourth-order valence-corrected chi connectivity index (χ4v) is 1.76. The number of carbonyl (C=O) groups excluding carboxylic acids is 2. The monoisotopic (exact) mass is 287 g/mol. The van der Waals surface area contributed by atoms with Crippen LogP contribution in [0.15, 0.2) is 18.3 Å². The number of rotatable bonds is 5. The van der Waals surface area contributed by atoms with E-state index in [-0.39, 0.29) is 30.0 Å². The zero-order chi connectivity index (χ0) is 15.1. The molecule has 1 aliphatic carbocycles. The lowest BCUT2D eigenvalue weighted by Gasteiger charge is -2.07. The second-order valence-corrected chi connectivity index (χ2v) is 4.68. The van der Waals surface area contributed by atoms with Crippen molar-refractivity contribution in [3.63, 3.8) is 0 Å². The molecule has 110 valence electrons. The summed E-state index contributed by atoms with van der Waals surface area (Å²) in [5.41, 5.74) is 0.679. The first kappa shape index (κ1) is 15.0. The molecule has 1 aliphatic rings. The lowest BCUT2D eigenvalue weighted by molar-refractivity contribution is -0.122. The van der Waals surface area contributed by atoms with E-state index in [1.807, 2.05) is 0 Å². The van der Waals surface area contributed by atoms with Gasteiger partial charge in [0.05, 0.1) is 5.56 Å². The highest BCUT2D eigenvalue weighted by atomic mass is 16.2. The molecule has 0 radical (unpaired) electrons. The van der Waals surface area contributed by atoms with Crippen LogP contribution in [-0.4, -0.2) is 41.6 Å². The highest BCUT2D eigenvalue weighted by molar-refractivity contribution is 5.94. The van der Waals surface area contributed by atoms with Crippen LogP contribution in [0.25, 0.3) is 0 Å². The normalized spacial score (nSPS) is 13.0. The van der Waals surface area contributed by atoms with Crippen molar-refractivity contribution in [2.24, 2.45) is 5.92 Å². The van der Waals surface area contributed by atoms with Crippen molar-refractivity contribution in [3.8, 4) is 11.8 Å². The molecule has 21 heavy (non-hydrogen) atoms. The second kappa shape index (κ2) is 7.41. The molecular formula is C15H17N3O3. The van der Waals surface area contributed by atoms with Crippen molar-refractivity contribution in [3.05, 3.63) is 29.6 Å². The molecule has 0 atom stereocenters. The van der Waals surface area contributed by atoms with Crippen LogP contribution in [0.3, 0.4) is 0 Å². The number of carbonyl (C=O) groups is 2. The van der Waals surface area contributed by atoms with Crippen LogP contribution in [0.1, 0.15) is 28.9 Å². The maximum Gasteiger partial charge on any atom is 0.271 e. The predicted molar refractivity (Wildman–Crippen MR) is 76.3 cm³/mol. The highest BCUT2D eigenvalue weighted by Crippen LogP contribution is 2.28. The molecule has 1 aromatic rings. The van der Waals surface area contributed by atoms with E-state index in [2.05, 4.69) is 27.5 Å². The number of nitrogens with zero attached hydrogens (tertiary/aromatic N) is 1. The zero-order valence-corrected chi connectivity index (χ0v) is 11.6. The van der Waals surface area contributed by atoms with Gasteiger partial charge in [0.1, 0.15) is 12.3 Å². The zero-order valence-electron chi connectivity index (χ0n) is 11.6. The third-order valence-corrected chi connectivity index (χ3v) is 2.98. The maximum absolute atomic E-state index is 12.0. The Morgan fingerprint density at radius 1 is 1.33 bits per heavy atom. The standard InChI is InChI=1S/C15H17N3O3/c19-10-2-4-11-3-1-7-16-13(11)15(21)18-9-8-17-14(20)12-5-6-12/h1,3,7,12,19H,5-6,8-10H2,(H,17,20)(H,18,21). The van der Waals surface area contributed by atoms with E-state index < -0.39 is 0 Å². The van der Waals surface area contributed by atoms with Crippen LogP contribution >= 0.6 is 0 Å². The van der Waals surface area contributed by atoms with Crippen LogP contribution in [0.4, 0.5) is 0 Å². The van der Waals surface area contributed by atoms with Crippen molar-refractivity contribution in [2.45, 2.75) is 12.8 Å². The van der Waals surface area contributed by atoms with Crippen molar-refractivity contribution < 1.29 is 14.7 Å². The minimum absolute atomic E-state index is 0.0524. The van der Waals surface area contributed by atoms with Gasteiger partial charge in [0, 0.05) is 25.2 Å². The lowest BCUT2D eigenvalue weighted by Crippen LogP contribution is -2.35. The molecule has 6 nitrogen and oxygen atoms in total. The van der Waals surface area contributed by atoms with Crippen LogP contribution in [0, 0.1) is 17.8 Å². The molecule has 6 heteroatoms. The van der Waals surface area contributed by atoms with E-state index in [0.717, 1.165) is 12.8 Å². The molecule has 1 aromatic heterocycles. The third-order valence-electron chi connectivity index (χ3n) is 2.98. The van der Waals surface area contributed by atoms with Crippen molar-refractivity contribution in [2.75, 3.05) is 19.7 Å². The molecule has 2 amide bonds. The Morgan fingerprint density at radius 3 is 2.81 bits per heavy atom. The van der Waals surface area contributed by atoms with Gasteiger partial charge >= 0.3 is 0 Å². The average molecular weight is 287 g/mol. The van der Waals surface area contributed by atoms with E-state index in [1.54, 1.807) is 12.1 Å². The molecule has 1 fully saturated rings. The van der Waals surface area contributed by atoms with E-state index in [9.17, 15) is 9.59 Å². The van der Waals surface area contributed by atoms with Crippen LogP contribution in [0.5, 0.6) is 0 Å². The van der Waals surface area contributed by atoms with Crippen molar-refractivity contribution in [1.82, 2.24) is 15.6 Å². The summed E-state index contributed by atoms with van der Waals surface area (Å²) in [7, 11) is 0. The maximum atomic E-state index is 12.0. The number of hydrogen-bond donors (Lipinski definition) is 3. The molecule has 0 unspecified atom stereocenters. The Kier molecular flexibility index (Phi) is 5.29. The van der Waals surface area contributed by atoms with Gasteiger partial charge < -0.3 is 15.7 Å². The van der Waals surface area contributed by atoms with E-state index in [1.165, 1.54) is 6.20 Å². The predicted octanol–water partition coefficient (Wildman–Crippen LogP) is -0.319. The smallest absolute Gasteiger partial charge is 0.271 e. The quantitative estimate of drug-likeness (QED) is 0.511. The lowest BCUT2D eigenvalue weighted by atomic mass is 10.2. The first-order valence-corrected chi connectivity index (χ1v) is 6.83. The van der Waals surface area contributed by atoms with Gasteiger partial charge in [0.2, 0.25) is 5.91 Å². The van der Waals surface area contributed by atoms with E-state index in [4.69, 9.17) is 5.11 Å². The molecule has 3 N–H and O–H groups in total. The summed E-state index contributed by atoms with van der Waals surface area (Å²) in [6.07, 6.45) is 3.42. The van der Waals surface area contributed by atoms with Crippen molar-refractivity contribution in [1.29, 1.82) is 0 Å². The minimum atomic E-state index is -0.349. The van der Waals surface area contributed by atoms with Crippen molar-refractivity contribution >= 4 is 11.8 Å². The van der Waals surface area contributed by atoms with Gasteiger partial charge in [0.25, 0.3) is 5.91 Å². The Morgan fingerprint density at radius 2 is 2.10 bits per heavy atom. The van der Waals surface area contributed by atoms with Gasteiger partial charge in [-0.05, 0) is 25.0 Å². The van der Waals surface area contributed by atoms with Gasteiger partial charge in [-0.3, -0.25) is 9.59 Å². The van der Waals surface area contributed by atoms with Crippen LogP contribution in [-0.2, 0) is 4.79 Å². The molecule has 0 bridgehead atoms. The summed E-state index contributed by atoms with van der Waals surface area (Å²) in [4.78, 5) is 27.4. The number of aromatic nitrogens is 1. The first-order chi connectivity index (χ1) is 10.2. The molecule has 2 rings (SSSR count). The fraction of sp³-hybridized carbons (Fsp3) is 0.400. The van der Waals surface area contributed by atoms with Gasteiger partial charge in [-0.2, -0.15) is 0 Å². The Balaban J connectivity index is 1.83. The highest BCUT2D eigenvalue weighted by Gasteiger charge is 2.29. The van der Waals surface area contributed by atoms with Gasteiger partial charge in [-0.1, -0.05) is 11.8 Å². The van der Waals surface area contributed by atoms with E-state index >= 15 is 0 Å². The summed E-state index contributed by atoms with van der Waals surface area (Å²) >= 11 is 0. The van der Waals surface area contributed by atoms with Crippen LogP contribution < -0.4 is 10.6 Å². The van der Waals surface area contributed by atoms with Crippen LogP contribution in [0.2, 0.25) is 0 Å². The molecule has 0 aromatic carbocycles. The van der Waals surface area contributed by atoms with E-state index in [0.29, 0.717) is 18.7 Å². The Bertz CT molecular complexity index is 585. The molecule has 0 saturated heterocycles. The number of aliphatic hydroxyl groups excluding tert-OH is 1. The second-order valence-electron chi connectivity index (χ2n) is 4.68. The number of hydrogen-bond acceptors (Lipinski definition) is 4. The molecule has 0 aliphatic heterocycles. The summed E-state index contributed by atoms with van der Waals surface area (Å²) in [5.74, 6) is 5.04. The number of pyridine rings is 1. The summed E-state index contributed by atoms with van der Waals surface area (Å²) in [6, 6.07) is 3.34. The van der Waals surface area contributed by atoms with Gasteiger partial charge in [0.15, 0.2) is 0 Å². The summed E-state index contributed by atoms with van der Waals surface area (Å²) in [5, 5.41) is 14.1. The molecule has 1 saturated carbocycles. The number of amides is 2. The Hall–Kier alpha value is -2.39. The average Bonchev–Trinajstić information content (AvgIpc) is 3.34. The largest absolute Gasteiger partial charge is 0.384 e. The Labute approximate surface area is 123 Å². The summed E-state index contributed by atoms with van der Waals surface area (Å²) < 4.78 is 0. The van der Waals surface area contributed by atoms with Gasteiger partial charge in [-0.15, -0.1) is 0 Å². The number of aliphatic hydroxyl groups is 1. The first-order valence-electron chi connectivity index (χ1n) is 6.83. The third kappa shape index (κ3) is 4.58. The topological polar surface area (TPSA) is 91.3 Å². The van der Waals surface area contributed by atoms with Gasteiger partial charge in [-0.25, -0.2) is 4.98 Å². The molecule has 1 heterocycles. The summed E-state index contributed by atoms with van der Waals surface area (Å²) in [6.45, 7) is 0.454.